The van der Waals surface area contributed by atoms with Crippen LogP contribution in [0.15, 0.2) is 30.3 Å². The monoisotopic (exact) mass is 287 g/mol. The molecule has 112 valence electrons. The molecular weight excluding hydrogens is 266 g/mol. The van der Waals surface area contributed by atoms with Gasteiger partial charge >= 0.3 is 0 Å². The van der Waals surface area contributed by atoms with Gasteiger partial charge in [-0.15, -0.1) is 5.10 Å². The van der Waals surface area contributed by atoms with Crippen LogP contribution in [0.4, 0.5) is 5.95 Å². The predicted octanol–water partition coefficient (Wildman–Crippen LogP) is 1.34. The molecule has 1 atom stereocenters. The number of hydrogen-bond acceptors (Lipinski definition) is 5. The van der Waals surface area contributed by atoms with Crippen molar-refractivity contribution in [1.82, 2.24) is 20.5 Å². The largest absolute Gasteiger partial charge is 0.369 e. The number of benzene rings is 1. The summed E-state index contributed by atoms with van der Waals surface area (Å²) in [6.07, 6.45) is 0.897. The summed E-state index contributed by atoms with van der Waals surface area (Å²) in [7, 11) is 1.69. The van der Waals surface area contributed by atoms with E-state index in [1.54, 1.807) is 7.11 Å². The SMILES string of the molecule is COC(c1ccccc1)c1nc(N2CCCNCC2)n[nH]1. The van der Waals surface area contributed by atoms with Gasteiger partial charge in [0.2, 0.25) is 5.95 Å². The van der Waals surface area contributed by atoms with Gasteiger partial charge in [0.25, 0.3) is 0 Å². The zero-order valence-corrected chi connectivity index (χ0v) is 12.2. The van der Waals surface area contributed by atoms with Crippen molar-refractivity contribution in [2.45, 2.75) is 12.5 Å². The second kappa shape index (κ2) is 6.69. The molecule has 1 unspecified atom stereocenters. The third kappa shape index (κ3) is 3.22. The van der Waals surface area contributed by atoms with Gasteiger partial charge in [-0.2, -0.15) is 4.98 Å². The summed E-state index contributed by atoms with van der Waals surface area (Å²) >= 11 is 0. The van der Waals surface area contributed by atoms with Gasteiger partial charge in [0, 0.05) is 26.7 Å². The smallest absolute Gasteiger partial charge is 0.244 e. The zero-order chi connectivity index (χ0) is 14.5. The summed E-state index contributed by atoms with van der Waals surface area (Å²) < 4.78 is 5.58. The molecule has 6 heteroatoms. The minimum Gasteiger partial charge on any atom is -0.369 e. The summed E-state index contributed by atoms with van der Waals surface area (Å²) in [5.41, 5.74) is 1.07. The van der Waals surface area contributed by atoms with E-state index in [0.717, 1.165) is 49.9 Å². The molecule has 0 spiro atoms. The third-order valence-electron chi connectivity index (χ3n) is 3.70. The van der Waals surface area contributed by atoms with Crippen LogP contribution in [0.1, 0.15) is 23.9 Å². The van der Waals surface area contributed by atoms with Crippen LogP contribution >= 0.6 is 0 Å². The highest BCUT2D eigenvalue weighted by atomic mass is 16.5. The Labute approximate surface area is 124 Å². The van der Waals surface area contributed by atoms with Gasteiger partial charge in [-0.1, -0.05) is 30.3 Å². The third-order valence-corrected chi connectivity index (χ3v) is 3.70. The highest BCUT2D eigenvalue weighted by Gasteiger charge is 2.20. The zero-order valence-electron chi connectivity index (χ0n) is 12.2. The lowest BCUT2D eigenvalue weighted by Crippen LogP contribution is -2.28. The second-order valence-corrected chi connectivity index (χ2v) is 5.14. The molecule has 2 N–H and O–H groups in total. The molecule has 0 radical (unpaired) electrons. The average Bonchev–Trinajstić information content (AvgIpc) is 2.84. The molecule has 1 fully saturated rings. The van der Waals surface area contributed by atoms with Crippen molar-refractivity contribution in [3.8, 4) is 0 Å². The van der Waals surface area contributed by atoms with E-state index in [0.29, 0.717) is 0 Å². The van der Waals surface area contributed by atoms with Gasteiger partial charge in [0.15, 0.2) is 5.82 Å². The van der Waals surface area contributed by atoms with Crippen LogP contribution in [0.3, 0.4) is 0 Å². The number of aromatic amines is 1. The Morgan fingerprint density at radius 1 is 1.19 bits per heavy atom. The Balaban J connectivity index is 1.79. The molecule has 2 aromatic rings. The van der Waals surface area contributed by atoms with Gasteiger partial charge in [0.1, 0.15) is 6.10 Å². The number of nitrogens with one attached hydrogen (secondary N) is 2. The fourth-order valence-electron chi connectivity index (χ4n) is 2.60. The number of hydrogen-bond donors (Lipinski definition) is 2. The summed E-state index contributed by atoms with van der Waals surface area (Å²) in [4.78, 5) is 6.84. The predicted molar refractivity (Wildman–Crippen MR) is 81.4 cm³/mol. The Kier molecular flexibility index (Phi) is 4.47. The number of rotatable bonds is 4. The first kappa shape index (κ1) is 14.0. The minimum absolute atomic E-state index is 0.211. The van der Waals surface area contributed by atoms with E-state index >= 15 is 0 Å². The Bertz CT molecular complexity index is 548. The summed E-state index contributed by atoms with van der Waals surface area (Å²) in [5, 5.41) is 10.8. The van der Waals surface area contributed by atoms with Crippen molar-refractivity contribution in [3.63, 3.8) is 0 Å². The van der Waals surface area contributed by atoms with Crippen LogP contribution in [0.5, 0.6) is 0 Å². The van der Waals surface area contributed by atoms with E-state index < -0.39 is 0 Å². The summed E-state index contributed by atoms with van der Waals surface area (Å²) in [6.45, 7) is 3.93. The molecule has 1 saturated heterocycles. The van der Waals surface area contributed by atoms with Crippen molar-refractivity contribution in [1.29, 1.82) is 0 Å². The van der Waals surface area contributed by atoms with Crippen molar-refractivity contribution < 1.29 is 4.74 Å². The maximum atomic E-state index is 5.58. The lowest BCUT2D eigenvalue weighted by molar-refractivity contribution is 0.129. The van der Waals surface area contributed by atoms with E-state index in [1.807, 2.05) is 30.3 Å². The molecule has 1 aromatic heterocycles. The lowest BCUT2D eigenvalue weighted by atomic mass is 10.1. The molecular formula is C15H21N5O. The van der Waals surface area contributed by atoms with E-state index in [9.17, 15) is 0 Å². The Morgan fingerprint density at radius 2 is 2.05 bits per heavy atom. The number of anilines is 1. The summed E-state index contributed by atoms with van der Waals surface area (Å²) in [6, 6.07) is 10.1. The number of aromatic nitrogens is 3. The van der Waals surface area contributed by atoms with Crippen molar-refractivity contribution in [2.75, 3.05) is 38.2 Å². The van der Waals surface area contributed by atoms with Gasteiger partial charge < -0.3 is 15.0 Å². The van der Waals surface area contributed by atoms with E-state index in [-0.39, 0.29) is 6.10 Å². The molecule has 21 heavy (non-hydrogen) atoms. The lowest BCUT2D eigenvalue weighted by Gasteiger charge is -2.17. The molecule has 1 aromatic carbocycles. The first-order valence-corrected chi connectivity index (χ1v) is 7.34. The number of H-pyrrole nitrogens is 1. The van der Waals surface area contributed by atoms with Gasteiger partial charge in [-0.25, -0.2) is 0 Å². The Hall–Kier alpha value is -1.92. The maximum absolute atomic E-state index is 5.58. The first-order valence-electron chi connectivity index (χ1n) is 7.34. The average molecular weight is 287 g/mol. The molecule has 0 amide bonds. The van der Waals surface area contributed by atoms with Crippen LogP contribution in [-0.2, 0) is 4.74 Å². The Morgan fingerprint density at radius 3 is 2.86 bits per heavy atom. The van der Waals surface area contributed by atoms with Crippen LogP contribution in [-0.4, -0.2) is 48.5 Å². The highest BCUT2D eigenvalue weighted by Crippen LogP contribution is 2.23. The highest BCUT2D eigenvalue weighted by molar-refractivity contribution is 5.31. The normalized spacial score (nSPS) is 17.5. The fraction of sp³-hybridized carbons (Fsp3) is 0.467. The van der Waals surface area contributed by atoms with Crippen molar-refractivity contribution >= 4 is 5.95 Å². The molecule has 0 aliphatic carbocycles. The van der Waals surface area contributed by atoms with E-state index in [1.165, 1.54) is 0 Å². The maximum Gasteiger partial charge on any atom is 0.244 e. The number of methoxy groups -OCH3 is 1. The molecule has 1 aliphatic heterocycles. The topological polar surface area (TPSA) is 66.1 Å². The molecule has 0 saturated carbocycles. The number of nitrogens with zero attached hydrogens (tertiary/aromatic N) is 3. The van der Waals surface area contributed by atoms with Crippen LogP contribution in [0.25, 0.3) is 0 Å². The van der Waals surface area contributed by atoms with Crippen molar-refractivity contribution in [2.24, 2.45) is 0 Å². The quantitative estimate of drug-likeness (QED) is 0.888. The second-order valence-electron chi connectivity index (χ2n) is 5.14. The molecule has 2 heterocycles. The minimum atomic E-state index is -0.211. The summed E-state index contributed by atoms with van der Waals surface area (Å²) in [5.74, 6) is 1.50. The fourth-order valence-corrected chi connectivity index (χ4v) is 2.60. The molecule has 0 bridgehead atoms. The first-order chi connectivity index (χ1) is 10.4. The standard InChI is InChI=1S/C15H21N5O/c1-21-13(12-6-3-2-4-7-12)14-17-15(19-18-14)20-10-5-8-16-9-11-20/h2-4,6-7,13,16H,5,8-11H2,1H3,(H,17,18,19). The number of ether oxygens (including phenoxy) is 1. The molecule has 6 nitrogen and oxygen atoms in total. The van der Waals surface area contributed by atoms with Crippen LogP contribution < -0.4 is 10.2 Å². The van der Waals surface area contributed by atoms with Gasteiger partial charge in [-0.05, 0) is 18.5 Å². The van der Waals surface area contributed by atoms with E-state index in [4.69, 9.17) is 4.74 Å². The van der Waals surface area contributed by atoms with Gasteiger partial charge in [0.05, 0.1) is 0 Å². The van der Waals surface area contributed by atoms with Crippen LogP contribution in [0, 0.1) is 0 Å². The van der Waals surface area contributed by atoms with Crippen LogP contribution in [0.2, 0.25) is 0 Å². The van der Waals surface area contributed by atoms with E-state index in [2.05, 4.69) is 25.4 Å². The van der Waals surface area contributed by atoms with Crippen molar-refractivity contribution in [3.05, 3.63) is 41.7 Å². The molecule has 3 rings (SSSR count). The molecule has 1 aliphatic rings. The van der Waals surface area contributed by atoms with Gasteiger partial charge in [-0.3, -0.25) is 5.10 Å².